The summed E-state index contributed by atoms with van der Waals surface area (Å²) in [5.74, 6) is 0.725. The summed E-state index contributed by atoms with van der Waals surface area (Å²) in [5.41, 5.74) is 0.708. The third kappa shape index (κ3) is 6.29. The number of hydrogen-bond donors (Lipinski definition) is 1. The Hall–Kier alpha value is -0.750. The van der Waals surface area contributed by atoms with Gasteiger partial charge in [-0.05, 0) is 34.5 Å². The first-order chi connectivity index (χ1) is 8.79. The number of benzene rings is 1. The topological polar surface area (TPSA) is 21.3 Å². The Morgan fingerprint density at radius 1 is 1.32 bits per heavy atom. The molecule has 0 aliphatic carbocycles. The Morgan fingerprint density at radius 2 is 2.00 bits per heavy atom. The summed E-state index contributed by atoms with van der Waals surface area (Å²) in [7, 11) is 0. The molecule has 0 radical (unpaired) electrons. The van der Waals surface area contributed by atoms with Gasteiger partial charge >= 0.3 is 6.18 Å². The number of para-hydroxylation sites is 1. The first-order valence-electron chi connectivity index (χ1n) is 5.97. The second kappa shape index (κ2) is 7.14. The Morgan fingerprint density at radius 3 is 2.58 bits per heavy atom. The highest BCUT2D eigenvalue weighted by Gasteiger charge is 2.29. The van der Waals surface area contributed by atoms with Crippen LogP contribution in [0.25, 0.3) is 0 Å². The number of nitrogens with one attached hydrogen (secondary N) is 1. The molecule has 0 bridgehead atoms. The van der Waals surface area contributed by atoms with Gasteiger partial charge in [-0.25, -0.2) is 0 Å². The van der Waals surface area contributed by atoms with Crippen LogP contribution < -0.4 is 10.1 Å². The van der Waals surface area contributed by atoms with E-state index in [1.165, 1.54) is 0 Å². The van der Waals surface area contributed by atoms with Crippen LogP contribution in [0.4, 0.5) is 13.2 Å². The lowest BCUT2D eigenvalue weighted by Gasteiger charge is -2.15. The number of alkyl halides is 3. The van der Waals surface area contributed by atoms with Crippen LogP contribution in [0.1, 0.15) is 19.4 Å². The molecule has 1 aromatic rings. The molecule has 0 fully saturated rings. The Balaban J connectivity index is 2.72. The summed E-state index contributed by atoms with van der Waals surface area (Å²) in [6, 6.07) is 5.19. The van der Waals surface area contributed by atoms with E-state index in [9.17, 15) is 13.2 Å². The van der Waals surface area contributed by atoms with Gasteiger partial charge in [0.15, 0.2) is 6.61 Å². The molecule has 6 heteroatoms. The van der Waals surface area contributed by atoms with Crippen molar-refractivity contribution in [2.75, 3.05) is 13.2 Å². The predicted octanol–water partition coefficient (Wildman–Crippen LogP) is 4.14. The number of hydrogen-bond acceptors (Lipinski definition) is 2. The van der Waals surface area contributed by atoms with E-state index in [4.69, 9.17) is 4.74 Å². The Kier molecular flexibility index (Phi) is 6.13. The molecule has 0 unspecified atom stereocenters. The van der Waals surface area contributed by atoms with Crippen molar-refractivity contribution < 1.29 is 17.9 Å². The summed E-state index contributed by atoms with van der Waals surface area (Å²) >= 11 is 3.22. The lowest BCUT2D eigenvalue weighted by atomic mass is 10.2. The van der Waals surface area contributed by atoms with Crippen molar-refractivity contribution in [3.63, 3.8) is 0 Å². The quantitative estimate of drug-likeness (QED) is 0.841. The lowest BCUT2D eigenvalue weighted by molar-refractivity contribution is -0.153. The molecule has 0 heterocycles. The van der Waals surface area contributed by atoms with Crippen LogP contribution in [-0.4, -0.2) is 19.3 Å². The van der Waals surface area contributed by atoms with Gasteiger partial charge in [-0.2, -0.15) is 13.2 Å². The molecular weight excluding hydrogens is 323 g/mol. The smallest absolute Gasteiger partial charge is 0.422 e. The van der Waals surface area contributed by atoms with Crippen LogP contribution in [-0.2, 0) is 6.54 Å². The fraction of sp³-hybridized carbons (Fsp3) is 0.538. The zero-order chi connectivity index (χ0) is 14.5. The molecule has 1 aromatic carbocycles. The zero-order valence-corrected chi connectivity index (χ0v) is 12.4. The number of ether oxygens (including phenoxy) is 1. The highest BCUT2D eigenvalue weighted by Crippen LogP contribution is 2.30. The van der Waals surface area contributed by atoms with Gasteiger partial charge in [-0.1, -0.05) is 26.0 Å². The maximum Gasteiger partial charge on any atom is 0.422 e. The third-order valence-electron chi connectivity index (χ3n) is 2.30. The Bertz CT molecular complexity index is 407. The SMILES string of the molecule is CC(C)CNCc1cccc(Br)c1OCC(F)(F)F. The second-order valence-corrected chi connectivity index (χ2v) is 5.51. The molecule has 0 amide bonds. The summed E-state index contributed by atoms with van der Waals surface area (Å²) < 4.78 is 42.0. The maximum absolute atomic E-state index is 12.2. The third-order valence-corrected chi connectivity index (χ3v) is 2.92. The summed E-state index contributed by atoms with van der Waals surface area (Å²) in [4.78, 5) is 0. The van der Waals surface area contributed by atoms with Crippen molar-refractivity contribution >= 4 is 15.9 Å². The first kappa shape index (κ1) is 16.3. The van der Waals surface area contributed by atoms with Crippen LogP contribution in [0.5, 0.6) is 5.75 Å². The van der Waals surface area contributed by atoms with E-state index in [1.54, 1.807) is 18.2 Å². The number of rotatable bonds is 6. The molecule has 108 valence electrons. The fourth-order valence-corrected chi connectivity index (χ4v) is 2.03. The lowest BCUT2D eigenvalue weighted by Crippen LogP contribution is -2.22. The molecule has 2 nitrogen and oxygen atoms in total. The minimum Gasteiger partial charge on any atom is -0.483 e. The van der Waals surface area contributed by atoms with Crippen molar-refractivity contribution in [2.24, 2.45) is 5.92 Å². The van der Waals surface area contributed by atoms with Gasteiger partial charge in [-0.3, -0.25) is 0 Å². The van der Waals surface area contributed by atoms with E-state index in [2.05, 4.69) is 35.1 Å². The van der Waals surface area contributed by atoms with Gasteiger partial charge in [0.2, 0.25) is 0 Å². The van der Waals surface area contributed by atoms with E-state index in [0.717, 1.165) is 6.54 Å². The summed E-state index contributed by atoms with van der Waals surface area (Å²) in [6.45, 7) is 4.12. The van der Waals surface area contributed by atoms with E-state index >= 15 is 0 Å². The molecule has 0 aliphatic heterocycles. The van der Waals surface area contributed by atoms with E-state index in [1.807, 2.05) is 0 Å². The molecule has 1 rings (SSSR count). The van der Waals surface area contributed by atoms with Gasteiger partial charge in [-0.15, -0.1) is 0 Å². The van der Waals surface area contributed by atoms with Gasteiger partial charge in [0.1, 0.15) is 5.75 Å². The van der Waals surface area contributed by atoms with E-state index < -0.39 is 12.8 Å². The highest BCUT2D eigenvalue weighted by atomic mass is 79.9. The van der Waals surface area contributed by atoms with E-state index in [0.29, 0.717) is 22.5 Å². The van der Waals surface area contributed by atoms with E-state index in [-0.39, 0.29) is 5.75 Å². The molecule has 0 aromatic heterocycles. The normalized spacial score (nSPS) is 11.9. The summed E-state index contributed by atoms with van der Waals surface area (Å²) in [5, 5.41) is 3.18. The van der Waals surface area contributed by atoms with Crippen LogP contribution in [0, 0.1) is 5.92 Å². The average molecular weight is 340 g/mol. The van der Waals surface area contributed by atoms with Crippen molar-refractivity contribution in [1.82, 2.24) is 5.32 Å². The van der Waals surface area contributed by atoms with Gasteiger partial charge < -0.3 is 10.1 Å². The van der Waals surface area contributed by atoms with Crippen LogP contribution in [0.15, 0.2) is 22.7 Å². The van der Waals surface area contributed by atoms with Gasteiger partial charge in [0, 0.05) is 12.1 Å². The fourth-order valence-electron chi connectivity index (χ4n) is 1.50. The molecule has 0 saturated heterocycles. The molecule has 0 aliphatic rings. The molecule has 1 N–H and O–H groups in total. The maximum atomic E-state index is 12.2. The molecule has 19 heavy (non-hydrogen) atoms. The predicted molar refractivity (Wildman–Crippen MR) is 72.2 cm³/mol. The molecule has 0 atom stereocenters. The molecule has 0 saturated carbocycles. The minimum atomic E-state index is -4.34. The van der Waals surface area contributed by atoms with Crippen molar-refractivity contribution in [3.8, 4) is 5.75 Å². The largest absolute Gasteiger partial charge is 0.483 e. The van der Waals surface area contributed by atoms with Gasteiger partial charge in [0.25, 0.3) is 0 Å². The van der Waals surface area contributed by atoms with Crippen LogP contribution in [0.2, 0.25) is 0 Å². The zero-order valence-electron chi connectivity index (χ0n) is 10.9. The molecule has 0 spiro atoms. The first-order valence-corrected chi connectivity index (χ1v) is 6.76. The Labute approximate surface area is 119 Å². The number of halogens is 4. The van der Waals surface area contributed by atoms with Crippen molar-refractivity contribution in [3.05, 3.63) is 28.2 Å². The van der Waals surface area contributed by atoms with Crippen LogP contribution >= 0.6 is 15.9 Å². The monoisotopic (exact) mass is 339 g/mol. The summed E-state index contributed by atoms with van der Waals surface area (Å²) in [6.07, 6.45) is -4.34. The van der Waals surface area contributed by atoms with Crippen molar-refractivity contribution in [2.45, 2.75) is 26.6 Å². The second-order valence-electron chi connectivity index (χ2n) is 4.66. The van der Waals surface area contributed by atoms with Crippen molar-refractivity contribution in [1.29, 1.82) is 0 Å². The molecular formula is C13H17BrF3NO. The highest BCUT2D eigenvalue weighted by molar-refractivity contribution is 9.10. The van der Waals surface area contributed by atoms with Crippen LogP contribution in [0.3, 0.4) is 0 Å². The van der Waals surface area contributed by atoms with Gasteiger partial charge in [0.05, 0.1) is 4.47 Å². The average Bonchev–Trinajstić information content (AvgIpc) is 2.26. The standard InChI is InChI=1S/C13H17BrF3NO/c1-9(2)6-18-7-10-4-3-5-11(14)12(10)19-8-13(15,16)17/h3-5,9,18H,6-8H2,1-2H3. The minimum absolute atomic E-state index is 0.246.